The summed E-state index contributed by atoms with van der Waals surface area (Å²) in [5.41, 5.74) is 0. The molecule has 0 saturated carbocycles. The number of hydrogen-bond acceptors (Lipinski definition) is 3. The van der Waals surface area contributed by atoms with Gasteiger partial charge in [0.15, 0.2) is 0 Å². The van der Waals surface area contributed by atoms with Crippen LogP contribution in [0.1, 0.15) is 52.9 Å². The molecule has 1 aliphatic heterocycles. The SMILES string of the molecule is CC(CCCC(C)C(=O)O)NC(=O)NC(C)C1CCCO1. The van der Waals surface area contributed by atoms with Crippen molar-refractivity contribution in [3.63, 3.8) is 0 Å². The van der Waals surface area contributed by atoms with Crippen molar-refractivity contribution in [1.29, 1.82) is 0 Å². The van der Waals surface area contributed by atoms with Gasteiger partial charge in [-0.1, -0.05) is 13.3 Å². The second-order valence-corrected chi connectivity index (χ2v) is 6.03. The summed E-state index contributed by atoms with van der Waals surface area (Å²) in [6.45, 7) is 6.36. The third-order valence-electron chi connectivity index (χ3n) is 3.95. The number of carbonyl (C=O) groups is 2. The van der Waals surface area contributed by atoms with Gasteiger partial charge in [0, 0.05) is 12.6 Å². The normalized spacial score (nSPS) is 22.3. The Balaban J connectivity index is 2.16. The van der Waals surface area contributed by atoms with E-state index >= 15 is 0 Å². The molecule has 1 heterocycles. The molecule has 4 unspecified atom stereocenters. The predicted molar refractivity (Wildman–Crippen MR) is 80.2 cm³/mol. The minimum Gasteiger partial charge on any atom is -0.481 e. The number of carbonyl (C=O) groups excluding carboxylic acids is 1. The molecule has 2 amide bonds. The van der Waals surface area contributed by atoms with Crippen molar-refractivity contribution < 1.29 is 19.4 Å². The molecule has 0 spiro atoms. The lowest BCUT2D eigenvalue weighted by atomic mass is 10.0. The van der Waals surface area contributed by atoms with Gasteiger partial charge >= 0.3 is 12.0 Å². The fourth-order valence-corrected chi connectivity index (χ4v) is 2.49. The van der Waals surface area contributed by atoms with Gasteiger partial charge in [-0.2, -0.15) is 0 Å². The Bertz CT molecular complexity index is 343. The van der Waals surface area contributed by atoms with Crippen LogP contribution in [0.15, 0.2) is 0 Å². The van der Waals surface area contributed by atoms with Crippen LogP contribution in [0, 0.1) is 5.92 Å². The lowest BCUT2D eigenvalue weighted by Gasteiger charge is -2.22. The molecule has 0 aromatic heterocycles. The summed E-state index contributed by atoms with van der Waals surface area (Å²) in [5.74, 6) is -1.09. The van der Waals surface area contributed by atoms with E-state index in [1.54, 1.807) is 6.92 Å². The molecule has 6 nitrogen and oxygen atoms in total. The second-order valence-electron chi connectivity index (χ2n) is 6.03. The molecule has 1 fully saturated rings. The fraction of sp³-hybridized carbons (Fsp3) is 0.867. The molecular weight excluding hydrogens is 272 g/mol. The van der Waals surface area contributed by atoms with Gasteiger partial charge < -0.3 is 20.5 Å². The Morgan fingerprint density at radius 3 is 2.52 bits per heavy atom. The Labute approximate surface area is 126 Å². The molecule has 0 aliphatic carbocycles. The van der Waals surface area contributed by atoms with Crippen molar-refractivity contribution in [3.8, 4) is 0 Å². The molecule has 1 saturated heterocycles. The van der Waals surface area contributed by atoms with Gasteiger partial charge in [0.1, 0.15) is 0 Å². The molecule has 1 aliphatic rings. The molecule has 21 heavy (non-hydrogen) atoms. The lowest BCUT2D eigenvalue weighted by molar-refractivity contribution is -0.141. The Morgan fingerprint density at radius 1 is 1.24 bits per heavy atom. The maximum Gasteiger partial charge on any atom is 0.315 e. The van der Waals surface area contributed by atoms with Gasteiger partial charge in [0.2, 0.25) is 0 Å². The summed E-state index contributed by atoms with van der Waals surface area (Å²) in [6, 6.07) is -0.147. The van der Waals surface area contributed by atoms with Gasteiger partial charge in [-0.25, -0.2) is 4.79 Å². The molecule has 0 aromatic rings. The molecule has 0 bridgehead atoms. The van der Waals surface area contributed by atoms with E-state index in [1.807, 2.05) is 13.8 Å². The van der Waals surface area contributed by atoms with E-state index < -0.39 is 5.97 Å². The van der Waals surface area contributed by atoms with Crippen LogP contribution >= 0.6 is 0 Å². The van der Waals surface area contributed by atoms with Gasteiger partial charge in [-0.3, -0.25) is 4.79 Å². The Morgan fingerprint density at radius 2 is 1.95 bits per heavy atom. The minimum absolute atomic E-state index is 0.00623. The predicted octanol–water partition coefficient (Wildman–Crippen LogP) is 2.13. The number of amides is 2. The molecule has 6 heteroatoms. The van der Waals surface area contributed by atoms with Crippen LogP contribution in [0.25, 0.3) is 0 Å². The van der Waals surface area contributed by atoms with Crippen LogP contribution in [-0.2, 0) is 9.53 Å². The van der Waals surface area contributed by atoms with Crippen LogP contribution in [0.4, 0.5) is 4.79 Å². The summed E-state index contributed by atoms with van der Waals surface area (Å²) in [5, 5.41) is 14.6. The largest absolute Gasteiger partial charge is 0.481 e. The van der Waals surface area contributed by atoms with E-state index in [9.17, 15) is 9.59 Å². The first-order valence-corrected chi connectivity index (χ1v) is 7.81. The van der Waals surface area contributed by atoms with Gasteiger partial charge in [0.25, 0.3) is 0 Å². The van der Waals surface area contributed by atoms with E-state index in [4.69, 9.17) is 9.84 Å². The van der Waals surface area contributed by atoms with Crippen LogP contribution in [0.2, 0.25) is 0 Å². The van der Waals surface area contributed by atoms with E-state index in [0.29, 0.717) is 6.42 Å². The Hall–Kier alpha value is -1.30. The van der Waals surface area contributed by atoms with Crippen molar-refractivity contribution in [2.45, 2.75) is 71.1 Å². The smallest absolute Gasteiger partial charge is 0.315 e. The quantitative estimate of drug-likeness (QED) is 0.641. The first-order valence-electron chi connectivity index (χ1n) is 7.81. The second kappa shape index (κ2) is 8.87. The standard InChI is InChI=1S/C15H28N2O4/c1-10(14(18)19)6-4-7-11(2)16-15(20)17-12(3)13-8-5-9-21-13/h10-13H,4-9H2,1-3H3,(H,18,19)(H2,16,17,20). The van der Waals surface area contributed by atoms with Crippen LogP contribution in [0.3, 0.4) is 0 Å². The number of rotatable bonds is 8. The number of aliphatic carboxylic acids is 1. The highest BCUT2D eigenvalue weighted by atomic mass is 16.5. The van der Waals surface area contributed by atoms with Crippen molar-refractivity contribution in [2.75, 3.05) is 6.61 Å². The van der Waals surface area contributed by atoms with Crippen LogP contribution in [0.5, 0.6) is 0 Å². The number of ether oxygens (including phenoxy) is 1. The molecule has 3 N–H and O–H groups in total. The maximum absolute atomic E-state index is 11.9. The molecule has 4 atom stereocenters. The fourth-order valence-electron chi connectivity index (χ4n) is 2.49. The zero-order valence-corrected chi connectivity index (χ0v) is 13.2. The molecule has 122 valence electrons. The van der Waals surface area contributed by atoms with Crippen molar-refractivity contribution in [1.82, 2.24) is 10.6 Å². The van der Waals surface area contributed by atoms with Crippen molar-refractivity contribution in [3.05, 3.63) is 0 Å². The van der Waals surface area contributed by atoms with Gasteiger partial charge in [0.05, 0.1) is 18.1 Å². The number of nitrogens with one attached hydrogen (secondary N) is 2. The minimum atomic E-state index is -0.765. The highest BCUT2D eigenvalue weighted by molar-refractivity contribution is 5.74. The molecular formula is C15H28N2O4. The highest BCUT2D eigenvalue weighted by Crippen LogP contribution is 2.15. The van der Waals surface area contributed by atoms with E-state index in [0.717, 1.165) is 32.3 Å². The summed E-state index contributed by atoms with van der Waals surface area (Å²) >= 11 is 0. The zero-order valence-electron chi connectivity index (χ0n) is 13.2. The average Bonchev–Trinajstić information content (AvgIpc) is 2.91. The van der Waals surface area contributed by atoms with Crippen LogP contribution in [-0.4, -0.2) is 41.9 Å². The maximum atomic E-state index is 11.9. The van der Waals surface area contributed by atoms with E-state index in [1.165, 1.54) is 0 Å². The monoisotopic (exact) mass is 300 g/mol. The highest BCUT2D eigenvalue weighted by Gasteiger charge is 2.23. The van der Waals surface area contributed by atoms with Crippen LogP contribution < -0.4 is 10.6 Å². The third kappa shape index (κ3) is 6.80. The van der Waals surface area contributed by atoms with Gasteiger partial charge in [-0.15, -0.1) is 0 Å². The molecule has 1 rings (SSSR count). The zero-order chi connectivity index (χ0) is 15.8. The number of urea groups is 1. The lowest BCUT2D eigenvalue weighted by Crippen LogP contribution is -2.48. The number of carboxylic acids is 1. The van der Waals surface area contributed by atoms with E-state index in [2.05, 4.69) is 10.6 Å². The summed E-state index contributed by atoms with van der Waals surface area (Å²) < 4.78 is 5.54. The number of hydrogen-bond donors (Lipinski definition) is 3. The number of carboxylic acid groups (broad SMARTS) is 1. The van der Waals surface area contributed by atoms with Crippen molar-refractivity contribution in [2.24, 2.45) is 5.92 Å². The average molecular weight is 300 g/mol. The Kier molecular flexibility index (Phi) is 7.50. The molecule has 0 aromatic carbocycles. The summed E-state index contributed by atoms with van der Waals surface area (Å²) in [4.78, 5) is 22.6. The van der Waals surface area contributed by atoms with E-state index in [-0.39, 0.29) is 30.1 Å². The topological polar surface area (TPSA) is 87.7 Å². The molecule has 0 radical (unpaired) electrons. The first kappa shape index (κ1) is 17.8. The summed E-state index contributed by atoms with van der Waals surface area (Å²) in [7, 11) is 0. The summed E-state index contributed by atoms with van der Waals surface area (Å²) in [6.07, 6.45) is 4.35. The van der Waals surface area contributed by atoms with Crippen molar-refractivity contribution >= 4 is 12.0 Å². The van der Waals surface area contributed by atoms with Gasteiger partial charge in [-0.05, 0) is 39.5 Å². The third-order valence-corrected chi connectivity index (χ3v) is 3.95. The first-order chi connectivity index (χ1) is 9.90.